The van der Waals surface area contributed by atoms with Crippen LogP contribution in [0.1, 0.15) is 47.8 Å². The number of rotatable bonds is 6. The number of nitrogens with one attached hydrogen (secondary N) is 1. The molecule has 1 atom stereocenters. The number of hydrogen-bond acceptors (Lipinski definition) is 4. The number of ether oxygens (including phenoxy) is 1. The SMILES string of the molecule is Cc1cc(OCCCC(=O)Nc2sc3c(c2C#N)CCC(C)C3)ccc1Cl. The summed E-state index contributed by atoms with van der Waals surface area (Å²) in [6, 6.07) is 7.80. The molecule has 27 heavy (non-hydrogen) atoms. The van der Waals surface area contributed by atoms with Crippen molar-refractivity contribution in [3.63, 3.8) is 0 Å². The number of aryl methyl sites for hydroxylation is 1. The molecule has 1 heterocycles. The maximum Gasteiger partial charge on any atom is 0.225 e. The van der Waals surface area contributed by atoms with E-state index in [0.717, 1.165) is 36.1 Å². The molecular weight excluding hydrogens is 380 g/mol. The first-order chi connectivity index (χ1) is 13.0. The van der Waals surface area contributed by atoms with Gasteiger partial charge in [0, 0.05) is 16.3 Å². The summed E-state index contributed by atoms with van der Waals surface area (Å²) in [4.78, 5) is 13.5. The molecule has 1 aromatic carbocycles. The van der Waals surface area contributed by atoms with Crippen LogP contribution in [0.5, 0.6) is 5.75 Å². The van der Waals surface area contributed by atoms with Crippen LogP contribution in [0.4, 0.5) is 5.00 Å². The lowest BCUT2D eigenvalue weighted by Gasteiger charge is -2.17. The summed E-state index contributed by atoms with van der Waals surface area (Å²) in [5, 5.41) is 13.8. The molecule has 1 N–H and O–H groups in total. The molecule has 0 radical (unpaired) electrons. The van der Waals surface area contributed by atoms with Gasteiger partial charge in [-0.25, -0.2) is 0 Å². The highest BCUT2D eigenvalue weighted by Gasteiger charge is 2.24. The second-order valence-corrected chi connectivity index (χ2v) is 8.59. The molecule has 3 rings (SSSR count). The smallest absolute Gasteiger partial charge is 0.225 e. The number of fused-ring (bicyclic) bond motifs is 1. The third-order valence-corrected chi connectivity index (χ3v) is 6.42. The molecule has 2 aromatic rings. The van der Waals surface area contributed by atoms with Crippen molar-refractivity contribution < 1.29 is 9.53 Å². The van der Waals surface area contributed by atoms with Crippen LogP contribution >= 0.6 is 22.9 Å². The van der Waals surface area contributed by atoms with Gasteiger partial charge in [-0.05, 0) is 67.9 Å². The maximum atomic E-state index is 12.3. The molecule has 0 saturated heterocycles. The molecule has 4 nitrogen and oxygen atoms in total. The van der Waals surface area contributed by atoms with Crippen LogP contribution in [0.25, 0.3) is 0 Å². The first kappa shape index (κ1) is 19.7. The number of benzene rings is 1. The zero-order valence-corrected chi connectivity index (χ0v) is 17.2. The number of carbonyl (C=O) groups is 1. The minimum Gasteiger partial charge on any atom is -0.494 e. The molecule has 1 aromatic heterocycles. The molecule has 1 amide bonds. The maximum absolute atomic E-state index is 12.3. The van der Waals surface area contributed by atoms with E-state index in [1.807, 2.05) is 25.1 Å². The van der Waals surface area contributed by atoms with Crippen LogP contribution in [0.2, 0.25) is 5.02 Å². The second-order valence-electron chi connectivity index (χ2n) is 7.08. The van der Waals surface area contributed by atoms with E-state index in [-0.39, 0.29) is 5.91 Å². The predicted molar refractivity (Wildman–Crippen MR) is 110 cm³/mol. The zero-order valence-electron chi connectivity index (χ0n) is 15.6. The van der Waals surface area contributed by atoms with Crippen LogP contribution < -0.4 is 10.1 Å². The van der Waals surface area contributed by atoms with Gasteiger partial charge in [0.2, 0.25) is 5.91 Å². The van der Waals surface area contributed by atoms with Crippen LogP contribution in [-0.2, 0) is 17.6 Å². The molecule has 1 aliphatic rings. The van der Waals surface area contributed by atoms with Crippen LogP contribution in [0, 0.1) is 24.2 Å². The van der Waals surface area contributed by atoms with Gasteiger partial charge in [-0.1, -0.05) is 18.5 Å². The van der Waals surface area contributed by atoms with Crippen LogP contribution in [0.3, 0.4) is 0 Å². The van der Waals surface area contributed by atoms with Crippen LogP contribution in [0.15, 0.2) is 18.2 Å². The molecule has 0 aliphatic heterocycles. The Labute approximate surface area is 169 Å². The summed E-state index contributed by atoms with van der Waals surface area (Å²) in [5.74, 6) is 1.32. The number of nitrogens with zero attached hydrogens (tertiary/aromatic N) is 1. The standard InChI is InChI=1S/C21H23ClN2O2S/c1-13-5-7-16-17(12-23)21(27-19(16)10-13)24-20(25)4-3-9-26-15-6-8-18(22)14(2)11-15/h6,8,11,13H,3-5,7,9-10H2,1-2H3,(H,24,25). The first-order valence-corrected chi connectivity index (χ1v) is 10.4. The van der Waals surface area contributed by atoms with Crippen molar-refractivity contribution in [1.29, 1.82) is 5.26 Å². The lowest BCUT2D eigenvalue weighted by Crippen LogP contribution is -2.13. The predicted octanol–water partition coefficient (Wildman–Crippen LogP) is 5.50. The van der Waals surface area contributed by atoms with Gasteiger partial charge in [0.15, 0.2) is 0 Å². The highest BCUT2D eigenvalue weighted by Crippen LogP contribution is 2.39. The topological polar surface area (TPSA) is 62.1 Å². The molecule has 0 bridgehead atoms. The normalized spacial score (nSPS) is 15.7. The summed E-state index contributed by atoms with van der Waals surface area (Å²) in [5.41, 5.74) is 2.76. The molecular formula is C21H23ClN2O2S. The zero-order chi connectivity index (χ0) is 19.4. The van der Waals surface area contributed by atoms with Crippen molar-refractivity contribution in [2.24, 2.45) is 5.92 Å². The summed E-state index contributed by atoms with van der Waals surface area (Å²) < 4.78 is 5.68. The molecule has 0 fully saturated rings. The Morgan fingerprint density at radius 3 is 3.04 bits per heavy atom. The fourth-order valence-electron chi connectivity index (χ4n) is 3.28. The van der Waals surface area contributed by atoms with E-state index < -0.39 is 0 Å². The Hall–Kier alpha value is -2.03. The third-order valence-electron chi connectivity index (χ3n) is 4.82. The number of carbonyl (C=O) groups excluding carboxylic acids is 1. The Morgan fingerprint density at radius 1 is 1.48 bits per heavy atom. The average molecular weight is 403 g/mol. The lowest BCUT2D eigenvalue weighted by molar-refractivity contribution is -0.116. The summed E-state index contributed by atoms with van der Waals surface area (Å²) in [6.45, 7) is 4.62. The van der Waals surface area contributed by atoms with E-state index >= 15 is 0 Å². The van der Waals surface area contributed by atoms with Gasteiger partial charge in [0.05, 0.1) is 12.2 Å². The first-order valence-electron chi connectivity index (χ1n) is 9.21. The highest BCUT2D eigenvalue weighted by molar-refractivity contribution is 7.16. The van der Waals surface area contributed by atoms with Crippen molar-refractivity contribution in [2.75, 3.05) is 11.9 Å². The van der Waals surface area contributed by atoms with Crippen molar-refractivity contribution in [1.82, 2.24) is 0 Å². The van der Waals surface area contributed by atoms with E-state index in [0.29, 0.717) is 41.0 Å². The third kappa shape index (κ3) is 4.82. The monoisotopic (exact) mass is 402 g/mol. The van der Waals surface area contributed by atoms with Crippen molar-refractivity contribution in [3.8, 4) is 11.8 Å². The lowest BCUT2D eigenvalue weighted by atomic mass is 9.89. The van der Waals surface area contributed by atoms with Crippen molar-refractivity contribution in [2.45, 2.75) is 46.0 Å². The van der Waals surface area contributed by atoms with Gasteiger partial charge in [-0.2, -0.15) is 5.26 Å². The van der Waals surface area contributed by atoms with Crippen molar-refractivity contribution in [3.05, 3.63) is 44.8 Å². The van der Waals surface area contributed by atoms with E-state index in [2.05, 4.69) is 18.3 Å². The highest BCUT2D eigenvalue weighted by atomic mass is 35.5. The second kappa shape index (κ2) is 8.77. The van der Waals surface area contributed by atoms with Gasteiger partial charge in [-0.15, -0.1) is 11.3 Å². The fourth-order valence-corrected chi connectivity index (χ4v) is 4.77. The summed E-state index contributed by atoms with van der Waals surface area (Å²) >= 11 is 7.56. The van der Waals surface area contributed by atoms with Gasteiger partial charge < -0.3 is 10.1 Å². The molecule has 0 spiro atoms. The van der Waals surface area contributed by atoms with E-state index in [9.17, 15) is 10.1 Å². The molecule has 142 valence electrons. The van der Waals surface area contributed by atoms with Crippen molar-refractivity contribution >= 4 is 33.8 Å². The average Bonchev–Trinajstić information content (AvgIpc) is 2.97. The Balaban J connectivity index is 1.51. The quantitative estimate of drug-likeness (QED) is 0.648. The van der Waals surface area contributed by atoms with Gasteiger partial charge in [-0.3, -0.25) is 4.79 Å². The molecule has 1 unspecified atom stereocenters. The Bertz CT molecular complexity index is 885. The van der Waals surface area contributed by atoms with E-state index in [1.54, 1.807) is 11.3 Å². The molecule has 0 saturated carbocycles. The number of halogens is 1. The van der Waals surface area contributed by atoms with Gasteiger partial charge >= 0.3 is 0 Å². The largest absolute Gasteiger partial charge is 0.494 e. The van der Waals surface area contributed by atoms with E-state index in [1.165, 1.54) is 4.88 Å². The fraction of sp³-hybridized carbons (Fsp3) is 0.429. The molecule has 1 aliphatic carbocycles. The summed E-state index contributed by atoms with van der Waals surface area (Å²) in [6.07, 6.45) is 4.00. The number of nitriles is 1. The Kier molecular flexibility index (Phi) is 6.41. The number of amides is 1. The summed E-state index contributed by atoms with van der Waals surface area (Å²) in [7, 11) is 0. The minimum atomic E-state index is -0.0750. The van der Waals surface area contributed by atoms with Gasteiger partial charge in [0.1, 0.15) is 16.8 Å². The van der Waals surface area contributed by atoms with E-state index in [4.69, 9.17) is 16.3 Å². The Morgan fingerprint density at radius 2 is 2.30 bits per heavy atom. The minimum absolute atomic E-state index is 0.0750. The van der Waals surface area contributed by atoms with Gasteiger partial charge in [0.25, 0.3) is 0 Å². The number of hydrogen-bond donors (Lipinski definition) is 1. The number of thiophene rings is 1. The molecule has 6 heteroatoms. The number of anilines is 1. The van der Waals surface area contributed by atoms with Crippen LogP contribution in [-0.4, -0.2) is 12.5 Å².